The summed E-state index contributed by atoms with van der Waals surface area (Å²) in [6.07, 6.45) is 0. The molecule has 0 rings (SSSR count). The predicted molar refractivity (Wildman–Crippen MR) is 6.44 cm³/mol. The summed E-state index contributed by atoms with van der Waals surface area (Å²) in [5.74, 6) is 0. The van der Waals surface area contributed by atoms with Crippen LogP contribution in [0.2, 0.25) is 0 Å². The minimum absolute atomic E-state index is 0. The van der Waals surface area contributed by atoms with E-state index < -0.39 is 0 Å². The summed E-state index contributed by atoms with van der Waals surface area (Å²) in [5.41, 5.74) is 0. The van der Waals surface area contributed by atoms with Crippen molar-refractivity contribution in [3.8, 4) is 0 Å². The Morgan fingerprint density at radius 3 is 1.00 bits per heavy atom. The van der Waals surface area contributed by atoms with Crippen LogP contribution in [0.5, 0.6) is 0 Å². The van der Waals surface area contributed by atoms with E-state index in [4.69, 9.17) is 0 Å². The summed E-state index contributed by atoms with van der Waals surface area (Å²) < 4.78 is 0. The van der Waals surface area contributed by atoms with Crippen molar-refractivity contribution in [2.75, 3.05) is 0 Å². The molecule has 1 radical (unpaired) electrons. The van der Waals surface area contributed by atoms with E-state index in [9.17, 15) is 0 Å². The second-order valence-electron chi connectivity index (χ2n) is 0. The normalized spacial score (nSPS) is 0. The molecule has 0 heterocycles. The minimum Gasteiger partial charge on any atom is -2.00 e. The van der Waals surface area contributed by atoms with E-state index in [2.05, 4.69) is 0 Å². The van der Waals surface area contributed by atoms with Crippen LogP contribution in [-0.4, -0.2) is 23.1 Å². The summed E-state index contributed by atoms with van der Waals surface area (Å²) in [6.45, 7) is 0. The summed E-state index contributed by atoms with van der Waals surface area (Å²) in [7, 11) is 0. The van der Waals surface area contributed by atoms with Crippen LogP contribution >= 0.6 is 0 Å². The fourth-order valence-electron chi connectivity index (χ4n) is 0. The summed E-state index contributed by atoms with van der Waals surface area (Å²) >= 11 is 0. The topological polar surface area (TPSA) is 28.5 Å². The van der Waals surface area contributed by atoms with Crippen molar-refractivity contribution >= 4 is 23.1 Å². The Labute approximate surface area is 93.9 Å². The first-order valence-corrected chi connectivity index (χ1v) is 0. The molecule has 0 spiro atoms. The Morgan fingerprint density at radius 2 is 1.00 bits per heavy atom. The second-order valence-corrected chi connectivity index (χ2v) is 0. The molecule has 0 saturated carbocycles. The quantitative estimate of drug-likeness (QED) is 0.522. The van der Waals surface area contributed by atoms with Gasteiger partial charge in [0.15, 0.2) is 0 Å². The van der Waals surface area contributed by atoms with Crippen LogP contribution in [0.3, 0.4) is 0 Å². The first kappa shape index (κ1) is 28.1. The van der Waals surface area contributed by atoms with Crippen LogP contribution in [-0.2, 0) is 31.3 Å². The zero-order chi connectivity index (χ0) is 0. The van der Waals surface area contributed by atoms with Gasteiger partial charge in [-0.05, 0) is 0 Å². The molecule has 0 aromatic carbocycles. The summed E-state index contributed by atoms with van der Waals surface area (Å²) in [4.78, 5) is 0. The molecular weight excluding hydrogens is 359 g/mol. The maximum absolute atomic E-state index is 0. The summed E-state index contributed by atoms with van der Waals surface area (Å²) in [5, 5.41) is 0. The van der Waals surface area contributed by atoms with Crippen molar-refractivity contribution in [2.24, 2.45) is 0 Å². The Hall–Kier alpha value is 2.97. The van der Waals surface area contributed by atoms with E-state index in [-0.39, 0.29) is 96.1 Å². The Balaban J connectivity index is 0. The van der Waals surface area contributed by atoms with Crippen LogP contribution in [0.15, 0.2) is 0 Å². The summed E-state index contributed by atoms with van der Waals surface area (Å²) in [6, 6.07) is 0. The van der Waals surface area contributed by atoms with Crippen LogP contribution in [0, 0.1) is 41.7 Å². The van der Waals surface area contributed by atoms with Gasteiger partial charge in [-0.2, -0.15) is 0 Å². The molecular formula is CeHfMgO+7. The van der Waals surface area contributed by atoms with Crippen LogP contribution in [0.25, 0.3) is 0 Å². The van der Waals surface area contributed by atoms with E-state index >= 15 is 0 Å². The van der Waals surface area contributed by atoms with Gasteiger partial charge in [0.1, 0.15) is 0 Å². The monoisotopic (exact) mass is 360 g/mol. The molecule has 4 heavy (non-hydrogen) atoms. The molecule has 0 bridgehead atoms. The first-order chi connectivity index (χ1) is 0. The number of hydrogen-bond acceptors (Lipinski definition) is 0. The van der Waals surface area contributed by atoms with Gasteiger partial charge in [-0.3, -0.25) is 0 Å². The molecule has 0 unspecified atom stereocenters. The third-order valence-electron chi connectivity index (χ3n) is 0. The van der Waals surface area contributed by atoms with Crippen LogP contribution in [0.4, 0.5) is 0 Å². The molecule has 0 aliphatic rings. The fraction of sp³-hybridized carbons (Fsp3) is 0. The van der Waals surface area contributed by atoms with Crippen LogP contribution < -0.4 is 0 Å². The van der Waals surface area contributed by atoms with Gasteiger partial charge in [0.25, 0.3) is 0 Å². The molecule has 0 atom stereocenters. The standard InChI is InChI=1S/Ce.Hf.Mg.O/q+3;+4;+2;-2. The average Bonchev–Trinajstić information content (AvgIpc) is 0. The van der Waals surface area contributed by atoms with Crippen molar-refractivity contribution in [2.45, 2.75) is 0 Å². The first-order valence-electron chi connectivity index (χ1n) is 0. The van der Waals surface area contributed by atoms with E-state index in [1.807, 2.05) is 0 Å². The fourth-order valence-corrected chi connectivity index (χ4v) is 0. The van der Waals surface area contributed by atoms with Crippen molar-refractivity contribution in [1.82, 2.24) is 0 Å². The Bertz CT molecular complexity index is 8.00. The van der Waals surface area contributed by atoms with E-state index in [1.54, 1.807) is 0 Å². The molecule has 4 heteroatoms. The van der Waals surface area contributed by atoms with Crippen LogP contribution in [0.1, 0.15) is 0 Å². The maximum Gasteiger partial charge on any atom is 4.00 e. The smallest absolute Gasteiger partial charge is 2.00 e. The average molecular weight is 359 g/mol. The Kier molecular flexibility index (Phi) is 118. The third kappa shape index (κ3) is 8.88. The molecule has 0 N–H and O–H groups in total. The van der Waals surface area contributed by atoms with E-state index in [1.165, 1.54) is 0 Å². The minimum atomic E-state index is 0. The van der Waals surface area contributed by atoms with Gasteiger partial charge in [0.2, 0.25) is 0 Å². The zero-order valence-electron chi connectivity index (χ0n) is 2.12. The molecule has 0 aliphatic heterocycles. The molecule has 0 aromatic rings. The molecule has 1 nitrogen and oxygen atoms in total. The van der Waals surface area contributed by atoms with E-state index in [0.29, 0.717) is 0 Å². The number of hydrogen-bond donors (Lipinski definition) is 0. The maximum atomic E-state index is 0. The van der Waals surface area contributed by atoms with Gasteiger partial charge >= 0.3 is 90.6 Å². The molecule has 0 aromatic heterocycles. The van der Waals surface area contributed by atoms with Crippen molar-refractivity contribution in [3.63, 3.8) is 0 Å². The van der Waals surface area contributed by atoms with Crippen molar-refractivity contribution in [1.29, 1.82) is 0 Å². The second kappa shape index (κ2) is 16.7. The SMILES string of the molecule is [Ce+3].[Hf+4].[Mg+2].[O-2]. The molecule has 0 saturated heterocycles. The van der Waals surface area contributed by atoms with Crippen molar-refractivity contribution < 1.29 is 73.1 Å². The third-order valence-corrected chi connectivity index (χ3v) is 0. The molecule has 0 amide bonds. The van der Waals surface area contributed by atoms with Gasteiger partial charge in [-0.25, -0.2) is 0 Å². The molecule has 0 fully saturated rings. The van der Waals surface area contributed by atoms with Gasteiger partial charge in [0, 0.05) is 0 Å². The Morgan fingerprint density at radius 1 is 1.00 bits per heavy atom. The largest absolute Gasteiger partial charge is 4.00 e. The molecule has 0 aliphatic carbocycles. The van der Waals surface area contributed by atoms with Crippen molar-refractivity contribution in [3.05, 3.63) is 0 Å². The van der Waals surface area contributed by atoms with Gasteiger partial charge in [-0.15, -0.1) is 0 Å². The number of rotatable bonds is 0. The van der Waals surface area contributed by atoms with Gasteiger partial charge in [0.05, 0.1) is 0 Å². The zero-order valence-corrected chi connectivity index (χ0v) is 10.3. The molecule has 9 valence electrons. The van der Waals surface area contributed by atoms with Gasteiger partial charge in [-0.1, -0.05) is 0 Å². The predicted octanol–water partition coefficient (Wildman–Crippen LogP) is -0.502. The van der Waals surface area contributed by atoms with Gasteiger partial charge < -0.3 is 5.48 Å². The van der Waals surface area contributed by atoms with E-state index in [0.717, 1.165) is 0 Å².